The van der Waals surface area contributed by atoms with Crippen molar-refractivity contribution in [1.82, 2.24) is 4.90 Å². The van der Waals surface area contributed by atoms with Gasteiger partial charge in [0.1, 0.15) is 16.4 Å². The zero-order chi connectivity index (χ0) is 27.3. The second-order valence-electron chi connectivity index (χ2n) is 10.6. The molecule has 1 amide bonds. The summed E-state index contributed by atoms with van der Waals surface area (Å²) in [6, 6.07) is 9.09. The van der Waals surface area contributed by atoms with Crippen molar-refractivity contribution in [1.29, 1.82) is 0 Å². The molecule has 2 aromatic carbocycles. The number of piperidine rings is 1. The first kappa shape index (κ1) is 28.9. The van der Waals surface area contributed by atoms with Gasteiger partial charge in [-0.25, -0.2) is 8.78 Å². The number of rotatable bonds is 10. The third-order valence-electron chi connectivity index (χ3n) is 6.50. The van der Waals surface area contributed by atoms with Gasteiger partial charge in [0.2, 0.25) is 5.91 Å². The summed E-state index contributed by atoms with van der Waals surface area (Å²) in [5.74, 6) is -2.46. The highest BCUT2D eigenvalue weighted by molar-refractivity contribution is 8.01. The summed E-state index contributed by atoms with van der Waals surface area (Å²) in [6.45, 7) is 10.3. The highest BCUT2D eigenvalue weighted by Crippen LogP contribution is 2.39. The Bertz CT molecular complexity index is 1120. The fourth-order valence-corrected chi connectivity index (χ4v) is 5.43. The van der Waals surface area contributed by atoms with Crippen LogP contribution in [-0.4, -0.2) is 59.4 Å². The Morgan fingerprint density at radius 3 is 2.43 bits per heavy atom. The topological polar surface area (TPSA) is 72.9 Å². The summed E-state index contributed by atoms with van der Waals surface area (Å²) >= 11 is 1.20. The van der Waals surface area contributed by atoms with Crippen LogP contribution in [0.25, 0.3) is 0 Å². The van der Waals surface area contributed by atoms with E-state index in [-0.39, 0.29) is 18.0 Å². The van der Waals surface area contributed by atoms with Crippen LogP contribution in [0.2, 0.25) is 0 Å². The molecule has 0 radical (unpaired) electrons. The third kappa shape index (κ3) is 7.92. The first-order valence-electron chi connectivity index (χ1n) is 12.6. The molecule has 1 aliphatic heterocycles. The lowest BCUT2D eigenvalue weighted by atomic mass is 10.0. The monoisotopic (exact) mass is 533 g/mol. The van der Waals surface area contributed by atoms with Crippen molar-refractivity contribution in [2.24, 2.45) is 5.92 Å². The van der Waals surface area contributed by atoms with Crippen molar-refractivity contribution >= 4 is 35.0 Å². The van der Waals surface area contributed by atoms with Gasteiger partial charge in [0.15, 0.2) is 0 Å². The molecule has 1 saturated heterocycles. The number of carbonyl (C=O) groups excluding carboxylic acids is 1. The number of carboxylic acids is 1. The van der Waals surface area contributed by atoms with E-state index in [0.717, 1.165) is 50.3 Å². The summed E-state index contributed by atoms with van der Waals surface area (Å²) in [6.07, 6.45) is 1.72. The zero-order valence-electron chi connectivity index (χ0n) is 22.2. The average Bonchev–Trinajstić information content (AvgIpc) is 2.80. The number of thioether (sulfide) groups is 1. The molecule has 9 heteroatoms. The highest BCUT2D eigenvalue weighted by atomic mass is 32.2. The molecule has 37 heavy (non-hydrogen) atoms. The lowest BCUT2D eigenvalue weighted by Gasteiger charge is -2.40. The molecular formula is C28H37F2N3O3S. The van der Waals surface area contributed by atoms with E-state index in [4.69, 9.17) is 0 Å². The number of halogens is 2. The molecular weight excluding hydrogens is 496 g/mol. The molecule has 0 aliphatic carbocycles. The summed E-state index contributed by atoms with van der Waals surface area (Å²) in [7, 11) is 2.11. The molecule has 0 unspecified atom stereocenters. The van der Waals surface area contributed by atoms with Crippen LogP contribution >= 0.6 is 11.8 Å². The van der Waals surface area contributed by atoms with Gasteiger partial charge in [-0.15, -0.1) is 11.8 Å². The average molecular weight is 534 g/mol. The molecule has 2 N–H and O–H groups in total. The minimum atomic E-state index is -1.06. The summed E-state index contributed by atoms with van der Waals surface area (Å²) in [5, 5.41) is 12.5. The zero-order valence-corrected chi connectivity index (χ0v) is 23.0. The number of benzene rings is 2. The number of carbonyl (C=O) groups is 2. The van der Waals surface area contributed by atoms with E-state index in [0.29, 0.717) is 16.5 Å². The van der Waals surface area contributed by atoms with Gasteiger partial charge in [-0.2, -0.15) is 0 Å². The van der Waals surface area contributed by atoms with Crippen molar-refractivity contribution in [3.05, 3.63) is 53.6 Å². The molecule has 0 bridgehead atoms. The first-order chi connectivity index (χ1) is 17.4. The Labute approximate surface area is 222 Å². The van der Waals surface area contributed by atoms with E-state index in [1.165, 1.54) is 17.8 Å². The van der Waals surface area contributed by atoms with Gasteiger partial charge < -0.3 is 20.2 Å². The van der Waals surface area contributed by atoms with Gasteiger partial charge in [0.25, 0.3) is 0 Å². The standard InChI is InChI=1S/C28H37F2N3O3S/c1-18(2)17-33(21-10-12-32(5)13-11-21)25-9-8-22(37-28(3,4)27(35)36)16-24(25)31-26(34)14-19-6-7-20(29)15-23(19)30/h6-9,15-16,18,21H,10-14,17H2,1-5H3,(H,31,34)(H,35,36). The number of nitrogens with zero attached hydrogens (tertiary/aromatic N) is 2. The fraction of sp³-hybridized carbons (Fsp3) is 0.500. The predicted octanol–water partition coefficient (Wildman–Crippen LogP) is 5.66. The van der Waals surface area contributed by atoms with Crippen LogP contribution in [0.5, 0.6) is 0 Å². The lowest BCUT2D eigenvalue weighted by molar-refractivity contribution is -0.138. The van der Waals surface area contributed by atoms with Crippen molar-refractivity contribution in [2.75, 3.05) is 36.9 Å². The predicted molar refractivity (Wildman–Crippen MR) is 145 cm³/mol. The molecule has 0 saturated carbocycles. The molecule has 2 aromatic rings. The normalized spacial score (nSPS) is 15.1. The molecule has 0 atom stereocenters. The van der Waals surface area contributed by atoms with E-state index in [1.807, 2.05) is 12.1 Å². The largest absolute Gasteiger partial charge is 0.480 e. The highest BCUT2D eigenvalue weighted by Gasteiger charge is 2.30. The minimum Gasteiger partial charge on any atom is -0.480 e. The van der Waals surface area contributed by atoms with E-state index < -0.39 is 28.3 Å². The van der Waals surface area contributed by atoms with Crippen molar-refractivity contribution in [2.45, 2.75) is 62.6 Å². The Hall–Kier alpha value is -2.65. The molecule has 0 spiro atoms. The van der Waals surface area contributed by atoms with E-state index in [9.17, 15) is 23.5 Å². The van der Waals surface area contributed by atoms with Gasteiger partial charge in [-0.05, 0) is 82.6 Å². The smallest absolute Gasteiger partial charge is 0.319 e. The SMILES string of the molecule is CC(C)CN(c1ccc(SC(C)(C)C(=O)O)cc1NC(=O)Cc1ccc(F)cc1F)C1CCN(C)CC1. The summed E-state index contributed by atoms with van der Waals surface area (Å²) in [4.78, 5) is 30.1. The van der Waals surface area contributed by atoms with Gasteiger partial charge in [0.05, 0.1) is 17.8 Å². The molecule has 6 nitrogen and oxygen atoms in total. The van der Waals surface area contributed by atoms with E-state index in [1.54, 1.807) is 19.9 Å². The number of likely N-dealkylation sites (tertiary alicyclic amines) is 1. The lowest BCUT2D eigenvalue weighted by Crippen LogP contribution is -2.45. The number of aliphatic carboxylic acids is 1. The maximum atomic E-state index is 14.2. The maximum Gasteiger partial charge on any atom is 0.319 e. The van der Waals surface area contributed by atoms with Crippen molar-refractivity contribution in [3.8, 4) is 0 Å². The Morgan fingerprint density at radius 2 is 1.84 bits per heavy atom. The molecule has 3 rings (SSSR count). The van der Waals surface area contributed by atoms with Crippen LogP contribution < -0.4 is 10.2 Å². The van der Waals surface area contributed by atoms with E-state index >= 15 is 0 Å². The summed E-state index contributed by atoms with van der Waals surface area (Å²) in [5.41, 5.74) is 1.51. The molecule has 1 aliphatic rings. The number of hydrogen-bond acceptors (Lipinski definition) is 5. The second kappa shape index (κ2) is 12.3. The maximum absolute atomic E-state index is 14.2. The van der Waals surface area contributed by atoms with Crippen LogP contribution in [0, 0.1) is 17.6 Å². The van der Waals surface area contributed by atoms with Crippen molar-refractivity contribution < 1.29 is 23.5 Å². The Morgan fingerprint density at radius 1 is 1.16 bits per heavy atom. The molecule has 0 aromatic heterocycles. The number of amides is 1. The number of nitrogens with one attached hydrogen (secondary N) is 1. The number of hydrogen-bond donors (Lipinski definition) is 2. The van der Waals surface area contributed by atoms with Gasteiger partial charge in [-0.3, -0.25) is 9.59 Å². The van der Waals surface area contributed by atoms with Crippen LogP contribution in [-0.2, 0) is 16.0 Å². The number of carboxylic acid groups (broad SMARTS) is 1. The van der Waals surface area contributed by atoms with E-state index in [2.05, 4.69) is 36.0 Å². The van der Waals surface area contributed by atoms with Crippen LogP contribution in [0.1, 0.15) is 46.1 Å². The molecule has 1 heterocycles. The molecule has 1 fully saturated rings. The van der Waals surface area contributed by atoms with Crippen LogP contribution in [0.3, 0.4) is 0 Å². The molecule has 202 valence electrons. The van der Waals surface area contributed by atoms with Gasteiger partial charge in [0, 0.05) is 23.5 Å². The summed E-state index contributed by atoms with van der Waals surface area (Å²) < 4.78 is 26.5. The van der Waals surface area contributed by atoms with Gasteiger partial charge >= 0.3 is 5.97 Å². The Kier molecular flexibility index (Phi) is 9.58. The quantitative estimate of drug-likeness (QED) is 0.384. The minimum absolute atomic E-state index is 0.104. The van der Waals surface area contributed by atoms with Crippen LogP contribution in [0.15, 0.2) is 41.3 Å². The number of anilines is 2. The van der Waals surface area contributed by atoms with Crippen LogP contribution in [0.4, 0.5) is 20.2 Å². The Balaban J connectivity index is 1.96. The third-order valence-corrected chi connectivity index (χ3v) is 7.67. The second-order valence-corrected chi connectivity index (χ2v) is 12.3. The first-order valence-corrected chi connectivity index (χ1v) is 13.4. The van der Waals surface area contributed by atoms with Gasteiger partial charge in [-0.1, -0.05) is 19.9 Å². The van der Waals surface area contributed by atoms with Crippen molar-refractivity contribution in [3.63, 3.8) is 0 Å². The fourth-order valence-electron chi connectivity index (χ4n) is 4.44.